The van der Waals surface area contributed by atoms with Crippen LogP contribution in [-0.4, -0.2) is 29.0 Å². The van der Waals surface area contributed by atoms with E-state index < -0.39 is 12.1 Å². The summed E-state index contributed by atoms with van der Waals surface area (Å²) < 4.78 is 35.0. The summed E-state index contributed by atoms with van der Waals surface area (Å²) in [6, 6.07) is 17.8. The van der Waals surface area contributed by atoms with Crippen LogP contribution in [0.1, 0.15) is 34.4 Å². The van der Waals surface area contributed by atoms with Gasteiger partial charge in [-0.05, 0) is 31.2 Å². The van der Waals surface area contributed by atoms with Crippen molar-refractivity contribution in [3.05, 3.63) is 101 Å². The molecule has 0 amide bonds. The summed E-state index contributed by atoms with van der Waals surface area (Å²) in [5.41, 5.74) is 4.81. The van der Waals surface area contributed by atoms with Gasteiger partial charge in [0.25, 0.3) is 0 Å². The Bertz CT molecular complexity index is 1480. The molecule has 0 fully saturated rings. The topological polar surface area (TPSA) is 70.4 Å². The summed E-state index contributed by atoms with van der Waals surface area (Å²) in [5, 5.41) is 7.90. The third-order valence-corrected chi connectivity index (χ3v) is 6.49. The van der Waals surface area contributed by atoms with E-state index in [-0.39, 0.29) is 5.82 Å². The molecule has 35 heavy (non-hydrogen) atoms. The summed E-state index contributed by atoms with van der Waals surface area (Å²) in [6.07, 6.45) is 0.855. The summed E-state index contributed by atoms with van der Waals surface area (Å²) >= 11 is 0. The molecule has 2 aliphatic heterocycles. The number of ether oxygens (including phenoxy) is 3. The highest BCUT2D eigenvalue weighted by Gasteiger charge is 2.43. The quantitative estimate of drug-likeness (QED) is 0.436. The molecule has 7 nitrogen and oxygen atoms in total. The van der Waals surface area contributed by atoms with Crippen LogP contribution in [0.15, 0.2) is 72.6 Å². The Hall–Kier alpha value is -4.33. The van der Waals surface area contributed by atoms with E-state index in [9.17, 15) is 0 Å². The lowest BCUT2D eigenvalue weighted by molar-refractivity contribution is 0.215. The van der Waals surface area contributed by atoms with Gasteiger partial charge in [0, 0.05) is 22.3 Å². The van der Waals surface area contributed by atoms with E-state index in [1.165, 1.54) is 12.4 Å². The molecule has 2 aliphatic rings. The van der Waals surface area contributed by atoms with Gasteiger partial charge in [0.1, 0.15) is 23.9 Å². The van der Waals surface area contributed by atoms with E-state index in [2.05, 4.69) is 21.5 Å². The van der Waals surface area contributed by atoms with Crippen molar-refractivity contribution in [1.82, 2.24) is 14.8 Å². The third-order valence-electron chi connectivity index (χ3n) is 6.49. The van der Waals surface area contributed by atoms with Crippen molar-refractivity contribution in [3.8, 4) is 17.2 Å². The second-order valence-corrected chi connectivity index (χ2v) is 8.49. The molecule has 2 atom stereocenters. The zero-order valence-electron chi connectivity index (χ0n) is 19.4. The van der Waals surface area contributed by atoms with Gasteiger partial charge in [-0.3, -0.25) is 0 Å². The molecule has 8 heteroatoms. The second kappa shape index (κ2) is 8.16. The number of para-hydroxylation sites is 1. The number of nitrogens with zero attached hydrogens (tertiary/aromatic N) is 3. The van der Waals surface area contributed by atoms with Crippen LogP contribution in [0.5, 0.6) is 17.2 Å². The third kappa shape index (κ3) is 3.24. The maximum atomic E-state index is 15.3. The molecule has 0 spiro atoms. The van der Waals surface area contributed by atoms with E-state index in [4.69, 9.17) is 14.2 Å². The first-order valence-corrected chi connectivity index (χ1v) is 11.2. The molecule has 1 aromatic heterocycles. The molecule has 6 rings (SSSR count). The summed E-state index contributed by atoms with van der Waals surface area (Å²) in [7, 11) is 3.19. The second-order valence-electron chi connectivity index (χ2n) is 8.49. The van der Waals surface area contributed by atoms with Gasteiger partial charge in [0.05, 0.1) is 19.9 Å². The van der Waals surface area contributed by atoms with Crippen LogP contribution in [-0.2, 0) is 0 Å². The number of aryl methyl sites for hydroxylation is 1. The van der Waals surface area contributed by atoms with Crippen molar-refractivity contribution in [3.63, 3.8) is 0 Å². The van der Waals surface area contributed by atoms with Gasteiger partial charge in [0.15, 0.2) is 17.6 Å². The molecular formula is C27H23FN4O3. The van der Waals surface area contributed by atoms with Crippen LogP contribution in [0, 0.1) is 12.7 Å². The molecule has 176 valence electrons. The van der Waals surface area contributed by atoms with Crippen LogP contribution in [0.4, 0.5) is 10.3 Å². The molecule has 0 bridgehead atoms. The number of anilines is 1. The van der Waals surface area contributed by atoms with E-state index in [0.717, 1.165) is 28.0 Å². The summed E-state index contributed by atoms with van der Waals surface area (Å²) in [6.45, 7) is 2.03. The van der Waals surface area contributed by atoms with Crippen molar-refractivity contribution in [2.45, 2.75) is 19.1 Å². The minimum absolute atomic E-state index is 0.334. The van der Waals surface area contributed by atoms with Gasteiger partial charge < -0.3 is 19.5 Å². The lowest BCUT2D eigenvalue weighted by atomic mass is 9.84. The van der Waals surface area contributed by atoms with Crippen molar-refractivity contribution in [2.24, 2.45) is 0 Å². The number of benzene rings is 3. The fourth-order valence-corrected chi connectivity index (χ4v) is 4.96. The Morgan fingerprint density at radius 1 is 1.00 bits per heavy atom. The molecule has 3 heterocycles. The highest BCUT2D eigenvalue weighted by molar-refractivity contribution is 5.85. The number of nitrogens with one attached hydrogen (secondary N) is 1. The summed E-state index contributed by atoms with van der Waals surface area (Å²) in [5.74, 6) is 2.04. The first-order chi connectivity index (χ1) is 17.1. The molecule has 0 saturated carbocycles. The predicted molar refractivity (Wildman–Crippen MR) is 129 cm³/mol. The average Bonchev–Trinajstić information content (AvgIpc) is 3.35. The van der Waals surface area contributed by atoms with E-state index >= 15 is 4.39 Å². The van der Waals surface area contributed by atoms with Crippen molar-refractivity contribution in [1.29, 1.82) is 0 Å². The normalized spacial score (nSPS) is 18.1. The Balaban J connectivity index is 1.67. The van der Waals surface area contributed by atoms with Crippen LogP contribution in [0.2, 0.25) is 0 Å². The number of hydrogen-bond acceptors (Lipinski definition) is 6. The standard InChI is InChI=1S/C27H23FN4O3/c1-15-11-12-20-18(13-15)23-22(26(35-20)17-8-6-10-21(33-2)25(17)34-3)24(16-7-4-5-9-19(16)28)32-27(31-23)29-14-30-32/h4-14,24,26H,1-3H3,(H,29,30,31). The number of hydrogen-bond donors (Lipinski definition) is 1. The van der Waals surface area contributed by atoms with Crippen LogP contribution < -0.4 is 19.5 Å². The SMILES string of the molecule is COc1cccc(C2Oc3ccc(C)cc3C3=C2C(c2ccccc2F)n2ncnc2N3)c1OC. The summed E-state index contributed by atoms with van der Waals surface area (Å²) in [4.78, 5) is 4.41. The molecule has 2 unspecified atom stereocenters. The average molecular weight is 471 g/mol. The molecule has 1 N–H and O–H groups in total. The molecule has 0 saturated heterocycles. The highest BCUT2D eigenvalue weighted by atomic mass is 19.1. The van der Waals surface area contributed by atoms with E-state index in [0.29, 0.717) is 28.8 Å². The van der Waals surface area contributed by atoms with E-state index in [1.807, 2.05) is 43.3 Å². The molecule has 0 radical (unpaired) electrons. The fourth-order valence-electron chi connectivity index (χ4n) is 4.96. The largest absolute Gasteiger partial charge is 0.493 e. The lowest BCUT2D eigenvalue weighted by Gasteiger charge is -2.39. The van der Waals surface area contributed by atoms with Gasteiger partial charge in [-0.15, -0.1) is 0 Å². The minimum Gasteiger partial charge on any atom is -0.493 e. The number of rotatable bonds is 4. The van der Waals surface area contributed by atoms with Crippen molar-refractivity contribution < 1.29 is 18.6 Å². The maximum Gasteiger partial charge on any atom is 0.226 e. The van der Waals surface area contributed by atoms with Gasteiger partial charge in [-0.2, -0.15) is 10.1 Å². The first kappa shape index (κ1) is 21.2. The smallest absolute Gasteiger partial charge is 0.226 e. The first-order valence-electron chi connectivity index (χ1n) is 11.2. The monoisotopic (exact) mass is 470 g/mol. The fraction of sp³-hybridized carbons (Fsp3) is 0.185. The number of methoxy groups -OCH3 is 2. The van der Waals surface area contributed by atoms with Gasteiger partial charge in [-0.1, -0.05) is 42.0 Å². The molecular weight excluding hydrogens is 447 g/mol. The van der Waals surface area contributed by atoms with Crippen molar-refractivity contribution in [2.75, 3.05) is 19.5 Å². The Labute approximate surface area is 201 Å². The zero-order valence-corrected chi connectivity index (χ0v) is 19.4. The van der Waals surface area contributed by atoms with E-state index in [1.54, 1.807) is 31.0 Å². The van der Waals surface area contributed by atoms with Crippen molar-refractivity contribution >= 4 is 11.6 Å². The lowest BCUT2D eigenvalue weighted by Crippen LogP contribution is -2.33. The Morgan fingerprint density at radius 2 is 1.83 bits per heavy atom. The zero-order chi connectivity index (χ0) is 24.1. The van der Waals surface area contributed by atoms with Crippen LogP contribution >= 0.6 is 0 Å². The number of fused-ring (bicyclic) bond motifs is 3. The predicted octanol–water partition coefficient (Wildman–Crippen LogP) is 5.30. The number of halogens is 1. The number of aromatic nitrogens is 3. The Morgan fingerprint density at radius 3 is 2.63 bits per heavy atom. The van der Waals surface area contributed by atoms with Gasteiger partial charge in [-0.25, -0.2) is 9.07 Å². The molecule has 4 aromatic rings. The highest BCUT2D eigenvalue weighted by Crippen LogP contribution is 2.53. The Kier molecular flexibility index (Phi) is 4.95. The van der Waals surface area contributed by atoms with Crippen LogP contribution in [0.3, 0.4) is 0 Å². The van der Waals surface area contributed by atoms with Gasteiger partial charge in [0.2, 0.25) is 5.95 Å². The molecule has 0 aliphatic carbocycles. The maximum absolute atomic E-state index is 15.3. The molecule has 3 aromatic carbocycles. The van der Waals surface area contributed by atoms with Crippen LogP contribution in [0.25, 0.3) is 5.70 Å². The minimum atomic E-state index is -0.611. The van der Waals surface area contributed by atoms with Gasteiger partial charge >= 0.3 is 0 Å².